The summed E-state index contributed by atoms with van der Waals surface area (Å²) in [5.41, 5.74) is 4.35. The molecule has 7 heteroatoms. The Morgan fingerprint density at radius 1 is 1.09 bits per heavy atom. The third-order valence-corrected chi connectivity index (χ3v) is 6.03. The Morgan fingerprint density at radius 3 is 2.53 bits per heavy atom. The normalized spacial score (nSPS) is 13.9. The van der Waals surface area contributed by atoms with Gasteiger partial charge in [-0.25, -0.2) is 4.79 Å². The van der Waals surface area contributed by atoms with Crippen molar-refractivity contribution in [1.82, 2.24) is 4.90 Å². The van der Waals surface area contributed by atoms with Crippen LogP contribution in [0.4, 0.5) is 11.4 Å². The van der Waals surface area contributed by atoms with Crippen LogP contribution in [0.3, 0.4) is 0 Å². The lowest BCUT2D eigenvalue weighted by Crippen LogP contribution is -2.44. The SMILES string of the molecule is CCCCOC(=O)c1ccccc1NC(=O)/C(C#N)=C\N1CCN(c2cccc(C)c2C)CC1. The molecule has 0 aromatic heterocycles. The molecule has 1 aliphatic rings. The van der Waals surface area contributed by atoms with Crippen LogP contribution in [0.5, 0.6) is 0 Å². The molecule has 1 fully saturated rings. The number of nitrogens with one attached hydrogen (secondary N) is 1. The van der Waals surface area contributed by atoms with Crippen molar-refractivity contribution >= 4 is 23.3 Å². The molecule has 1 amide bonds. The highest BCUT2D eigenvalue weighted by Crippen LogP contribution is 2.24. The lowest BCUT2D eigenvalue weighted by atomic mass is 10.1. The van der Waals surface area contributed by atoms with E-state index in [9.17, 15) is 14.9 Å². The maximum atomic E-state index is 12.8. The zero-order chi connectivity index (χ0) is 24.5. The van der Waals surface area contributed by atoms with Crippen LogP contribution >= 0.6 is 0 Å². The molecule has 7 nitrogen and oxygen atoms in total. The zero-order valence-corrected chi connectivity index (χ0v) is 20.1. The van der Waals surface area contributed by atoms with E-state index in [1.165, 1.54) is 16.8 Å². The lowest BCUT2D eigenvalue weighted by molar-refractivity contribution is -0.112. The molecule has 2 aromatic rings. The van der Waals surface area contributed by atoms with Crippen molar-refractivity contribution in [3.05, 3.63) is 70.9 Å². The maximum absolute atomic E-state index is 12.8. The first-order chi connectivity index (χ1) is 16.4. The van der Waals surface area contributed by atoms with Crippen molar-refractivity contribution in [2.75, 3.05) is 43.0 Å². The summed E-state index contributed by atoms with van der Waals surface area (Å²) >= 11 is 0. The summed E-state index contributed by atoms with van der Waals surface area (Å²) in [6, 6.07) is 15.0. The Labute approximate surface area is 201 Å². The van der Waals surface area contributed by atoms with E-state index in [0.717, 1.165) is 25.9 Å². The molecule has 178 valence electrons. The fourth-order valence-corrected chi connectivity index (χ4v) is 3.84. The zero-order valence-electron chi connectivity index (χ0n) is 20.1. The number of unbranched alkanes of at least 4 members (excludes halogenated alkanes) is 1. The fraction of sp³-hybridized carbons (Fsp3) is 0.370. The van der Waals surface area contributed by atoms with Gasteiger partial charge in [-0.15, -0.1) is 0 Å². The Morgan fingerprint density at radius 2 is 1.82 bits per heavy atom. The number of hydrogen-bond acceptors (Lipinski definition) is 6. The second-order valence-corrected chi connectivity index (χ2v) is 8.39. The van der Waals surface area contributed by atoms with Crippen molar-refractivity contribution in [2.45, 2.75) is 33.6 Å². The van der Waals surface area contributed by atoms with Gasteiger partial charge >= 0.3 is 5.97 Å². The average molecular weight is 461 g/mol. The molecule has 0 radical (unpaired) electrons. The van der Waals surface area contributed by atoms with E-state index in [1.807, 2.05) is 17.9 Å². The molecule has 0 atom stereocenters. The molecule has 3 rings (SSSR count). The van der Waals surface area contributed by atoms with Crippen molar-refractivity contribution in [3.63, 3.8) is 0 Å². The van der Waals surface area contributed by atoms with Crippen molar-refractivity contribution in [1.29, 1.82) is 5.26 Å². The van der Waals surface area contributed by atoms with Gasteiger partial charge in [-0.1, -0.05) is 37.6 Å². The largest absolute Gasteiger partial charge is 0.462 e. The van der Waals surface area contributed by atoms with Gasteiger partial charge in [0.25, 0.3) is 5.91 Å². The van der Waals surface area contributed by atoms with Gasteiger partial charge in [0, 0.05) is 38.1 Å². The topological polar surface area (TPSA) is 85.7 Å². The molecule has 2 aromatic carbocycles. The average Bonchev–Trinajstić information content (AvgIpc) is 2.85. The Bertz CT molecular complexity index is 1100. The van der Waals surface area contributed by atoms with Gasteiger partial charge in [0.15, 0.2) is 0 Å². The molecular weight excluding hydrogens is 428 g/mol. The standard InChI is InChI=1S/C27H32N4O3/c1-4-5-17-34-27(33)23-10-6-7-11-24(23)29-26(32)22(18-28)19-30-13-15-31(16-14-30)25-12-8-9-20(2)21(25)3/h6-12,19H,4-5,13-17H2,1-3H3,(H,29,32)/b22-19-. The highest BCUT2D eigenvalue weighted by atomic mass is 16.5. The summed E-state index contributed by atoms with van der Waals surface area (Å²) in [7, 11) is 0. The third-order valence-electron chi connectivity index (χ3n) is 6.03. The molecule has 0 bridgehead atoms. The summed E-state index contributed by atoms with van der Waals surface area (Å²) in [5, 5.41) is 12.3. The smallest absolute Gasteiger partial charge is 0.340 e. The second kappa shape index (κ2) is 11.9. The summed E-state index contributed by atoms with van der Waals surface area (Å²) < 4.78 is 5.28. The van der Waals surface area contributed by atoms with Crippen LogP contribution in [-0.2, 0) is 9.53 Å². The molecule has 1 saturated heterocycles. The number of carbonyl (C=O) groups excluding carboxylic acids is 2. The number of carbonyl (C=O) groups is 2. The van der Waals surface area contributed by atoms with Crippen LogP contribution in [-0.4, -0.2) is 49.6 Å². The first-order valence-corrected chi connectivity index (χ1v) is 11.7. The van der Waals surface area contributed by atoms with Gasteiger partial charge in [-0.2, -0.15) is 5.26 Å². The molecule has 1 aliphatic heterocycles. The molecule has 0 saturated carbocycles. The van der Waals surface area contributed by atoms with E-state index in [1.54, 1.807) is 30.5 Å². The van der Waals surface area contributed by atoms with Gasteiger partial charge < -0.3 is 19.9 Å². The van der Waals surface area contributed by atoms with E-state index >= 15 is 0 Å². The van der Waals surface area contributed by atoms with Crippen LogP contribution in [0, 0.1) is 25.2 Å². The van der Waals surface area contributed by atoms with Crippen LogP contribution < -0.4 is 10.2 Å². The quantitative estimate of drug-likeness (QED) is 0.272. The molecule has 0 spiro atoms. The third kappa shape index (κ3) is 6.16. The Kier molecular flexibility index (Phi) is 8.69. The predicted molar refractivity (Wildman–Crippen MR) is 134 cm³/mol. The number of hydrogen-bond donors (Lipinski definition) is 1. The minimum atomic E-state index is -0.548. The van der Waals surface area contributed by atoms with Gasteiger partial charge in [-0.05, 0) is 49.6 Å². The number of benzene rings is 2. The number of rotatable bonds is 8. The first-order valence-electron chi connectivity index (χ1n) is 11.7. The van der Waals surface area contributed by atoms with Crippen LogP contribution in [0.1, 0.15) is 41.3 Å². The Hall–Kier alpha value is -3.79. The van der Waals surface area contributed by atoms with E-state index < -0.39 is 11.9 Å². The summed E-state index contributed by atoms with van der Waals surface area (Å²) in [6.45, 7) is 9.58. The number of aryl methyl sites for hydroxylation is 1. The first kappa shape index (κ1) is 24.8. The number of nitriles is 1. The van der Waals surface area contributed by atoms with Crippen molar-refractivity contribution < 1.29 is 14.3 Å². The molecule has 34 heavy (non-hydrogen) atoms. The Balaban J connectivity index is 1.65. The second-order valence-electron chi connectivity index (χ2n) is 8.39. The summed E-state index contributed by atoms with van der Waals surface area (Å²) in [6.07, 6.45) is 3.30. The number of piperazine rings is 1. The van der Waals surface area contributed by atoms with Gasteiger partial charge in [0.1, 0.15) is 11.6 Å². The highest BCUT2D eigenvalue weighted by Gasteiger charge is 2.20. The minimum absolute atomic E-state index is 0.00524. The van der Waals surface area contributed by atoms with Gasteiger partial charge in [0.05, 0.1) is 17.9 Å². The summed E-state index contributed by atoms with van der Waals surface area (Å²) in [4.78, 5) is 29.6. The van der Waals surface area contributed by atoms with E-state index in [2.05, 4.69) is 42.3 Å². The number of esters is 1. The van der Waals surface area contributed by atoms with E-state index in [-0.39, 0.29) is 11.1 Å². The van der Waals surface area contributed by atoms with E-state index in [0.29, 0.717) is 25.4 Å². The number of ether oxygens (including phenoxy) is 1. The van der Waals surface area contributed by atoms with Crippen LogP contribution in [0.2, 0.25) is 0 Å². The molecule has 0 unspecified atom stereocenters. The van der Waals surface area contributed by atoms with Crippen molar-refractivity contribution in [3.8, 4) is 6.07 Å². The molecule has 0 aliphatic carbocycles. The van der Waals surface area contributed by atoms with E-state index in [4.69, 9.17) is 4.74 Å². The monoisotopic (exact) mass is 460 g/mol. The number of nitrogens with zero attached hydrogens (tertiary/aromatic N) is 3. The van der Waals surface area contributed by atoms with Gasteiger partial charge in [0.2, 0.25) is 0 Å². The number of anilines is 2. The lowest BCUT2D eigenvalue weighted by Gasteiger charge is -2.36. The van der Waals surface area contributed by atoms with Crippen LogP contribution in [0.15, 0.2) is 54.2 Å². The number of para-hydroxylation sites is 1. The molecule has 1 heterocycles. The predicted octanol–water partition coefficient (Wildman–Crippen LogP) is 4.43. The summed E-state index contributed by atoms with van der Waals surface area (Å²) in [5.74, 6) is -1.04. The van der Waals surface area contributed by atoms with Gasteiger partial charge in [-0.3, -0.25) is 4.79 Å². The number of amides is 1. The minimum Gasteiger partial charge on any atom is -0.462 e. The van der Waals surface area contributed by atoms with Crippen molar-refractivity contribution in [2.24, 2.45) is 0 Å². The highest BCUT2D eigenvalue weighted by molar-refractivity contribution is 6.09. The molecule has 1 N–H and O–H groups in total. The fourth-order valence-electron chi connectivity index (χ4n) is 3.84. The van der Waals surface area contributed by atoms with Crippen LogP contribution in [0.25, 0.3) is 0 Å². The maximum Gasteiger partial charge on any atom is 0.340 e. The molecular formula is C27H32N4O3.